The van der Waals surface area contributed by atoms with Crippen molar-refractivity contribution >= 4 is 17.0 Å². The van der Waals surface area contributed by atoms with E-state index in [2.05, 4.69) is 14.7 Å². The highest BCUT2D eigenvalue weighted by Crippen LogP contribution is 2.37. The van der Waals surface area contributed by atoms with Crippen LogP contribution in [-0.2, 0) is 0 Å². The lowest BCUT2D eigenvalue weighted by molar-refractivity contribution is 0.0686. The van der Waals surface area contributed by atoms with Crippen molar-refractivity contribution in [3.63, 3.8) is 0 Å². The maximum absolute atomic E-state index is 10.8. The van der Waals surface area contributed by atoms with Gasteiger partial charge in [-0.05, 0) is 31.0 Å². The van der Waals surface area contributed by atoms with Gasteiger partial charge in [-0.25, -0.2) is 9.78 Å². The third-order valence-electron chi connectivity index (χ3n) is 3.53. The Morgan fingerprint density at radius 1 is 1.35 bits per heavy atom. The van der Waals surface area contributed by atoms with E-state index in [9.17, 15) is 4.79 Å². The molecule has 0 spiro atoms. The van der Waals surface area contributed by atoms with Crippen LogP contribution in [0.2, 0.25) is 0 Å². The lowest BCUT2D eigenvalue weighted by atomic mass is 10.1. The van der Waals surface area contributed by atoms with Crippen LogP contribution in [0.5, 0.6) is 0 Å². The highest BCUT2D eigenvalue weighted by Gasteiger charge is 2.25. The Hall–Kier alpha value is -2.63. The number of carbonyl (C=O) groups is 1. The molecule has 100 valence electrons. The molecular weight excluding hydrogens is 258 g/mol. The normalized spacial score (nSPS) is 14.8. The van der Waals surface area contributed by atoms with Gasteiger partial charge in [0.2, 0.25) is 0 Å². The van der Waals surface area contributed by atoms with Crippen molar-refractivity contribution in [2.45, 2.75) is 18.9 Å². The predicted octanol–water partition coefficient (Wildman–Crippen LogP) is 2.72. The van der Waals surface area contributed by atoms with Gasteiger partial charge in [0, 0.05) is 17.7 Å². The van der Waals surface area contributed by atoms with Crippen LogP contribution in [0.4, 0.5) is 0 Å². The zero-order chi connectivity index (χ0) is 13.7. The molecule has 1 N–H and O–H groups in total. The molecule has 1 saturated carbocycles. The van der Waals surface area contributed by atoms with E-state index in [4.69, 9.17) is 9.63 Å². The molecule has 0 saturated heterocycles. The maximum atomic E-state index is 10.8. The molecule has 0 amide bonds. The highest BCUT2D eigenvalue weighted by atomic mass is 16.5. The second-order valence-corrected chi connectivity index (χ2v) is 4.97. The molecule has 6 heteroatoms. The van der Waals surface area contributed by atoms with E-state index < -0.39 is 5.97 Å². The van der Waals surface area contributed by atoms with E-state index in [0.717, 1.165) is 16.6 Å². The molecule has 0 aliphatic heterocycles. The first kappa shape index (κ1) is 11.2. The SMILES string of the molecule is O=C(O)c1cc(-c2ccc3c(c2)ncn3C2CC2)on1. The number of imidazole rings is 1. The van der Waals surface area contributed by atoms with Crippen LogP contribution < -0.4 is 0 Å². The van der Waals surface area contributed by atoms with E-state index >= 15 is 0 Å². The molecule has 0 unspecified atom stereocenters. The van der Waals surface area contributed by atoms with Gasteiger partial charge in [0.15, 0.2) is 11.5 Å². The Morgan fingerprint density at radius 2 is 2.20 bits per heavy atom. The van der Waals surface area contributed by atoms with Crippen molar-refractivity contribution in [2.75, 3.05) is 0 Å². The zero-order valence-corrected chi connectivity index (χ0v) is 10.5. The maximum Gasteiger partial charge on any atom is 0.358 e. The Labute approximate surface area is 113 Å². The van der Waals surface area contributed by atoms with Gasteiger partial charge >= 0.3 is 5.97 Å². The molecule has 0 bridgehead atoms. The summed E-state index contributed by atoms with van der Waals surface area (Å²) in [6.45, 7) is 0. The standard InChI is InChI=1S/C14H11N3O3/c18-14(19)11-6-13(20-16-11)8-1-4-12-10(5-8)15-7-17(12)9-2-3-9/h1,4-7,9H,2-3H2,(H,18,19). The Bertz CT molecular complexity index is 814. The molecule has 1 aromatic carbocycles. The number of nitrogens with zero attached hydrogens (tertiary/aromatic N) is 3. The van der Waals surface area contributed by atoms with Crippen molar-refractivity contribution in [1.82, 2.24) is 14.7 Å². The van der Waals surface area contributed by atoms with Gasteiger partial charge in [-0.15, -0.1) is 0 Å². The summed E-state index contributed by atoms with van der Waals surface area (Å²) in [7, 11) is 0. The Morgan fingerprint density at radius 3 is 2.90 bits per heavy atom. The lowest BCUT2D eigenvalue weighted by Crippen LogP contribution is -1.94. The molecule has 0 atom stereocenters. The van der Waals surface area contributed by atoms with Crippen molar-refractivity contribution in [2.24, 2.45) is 0 Å². The smallest absolute Gasteiger partial charge is 0.358 e. The molecule has 0 radical (unpaired) electrons. The highest BCUT2D eigenvalue weighted by molar-refractivity contribution is 5.87. The molecule has 4 rings (SSSR count). The average molecular weight is 269 g/mol. The van der Waals surface area contributed by atoms with E-state index in [0.29, 0.717) is 11.8 Å². The molecule has 1 aliphatic carbocycles. The molecule has 1 fully saturated rings. The molecule has 20 heavy (non-hydrogen) atoms. The van der Waals surface area contributed by atoms with E-state index in [1.807, 2.05) is 24.5 Å². The third-order valence-corrected chi connectivity index (χ3v) is 3.53. The minimum atomic E-state index is -1.10. The number of hydrogen-bond acceptors (Lipinski definition) is 4. The molecule has 1 aliphatic rings. The predicted molar refractivity (Wildman–Crippen MR) is 70.5 cm³/mol. The van der Waals surface area contributed by atoms with Gasteiger partial charge in [0.1, 0.15) is 0 Å². The van der Waals surface area contributed by atoms with Crippen molar-refractivity contribution in [3.05, 3.63) is 36.3 Å². The van der Waals surface area contributed by atoms with Crippen LogP contribution in [0.1, 0.15) is 29.4 Å². The Kier molecular flexibility index (Phi) is 2.20. The number of fused-ring (bicyclic) bond motifs is 1. The quantitative estimate of drug-likeness (QED) is 0.790. The molecule has 3 aromatic rings. The van der Waals surface area contributed by atoms with Crippen molar-refractivity contribution < 1.29 is 14.4 Å². The second kappa shape index (κ2) is 3.93. The number of hydrogen-bond donors (Lipinski definition) is 1. The monoisotopic (exact) mass is 269 g/mol. The number of carboxylic acids is 1. The first-order chi connectivity index (χ1) is 9.72. The summed E-state index contributed by atoms with van der Waals surface area (Å²) in [6.07, 6.45) is 4.27. The molecular formula is C14H11N3O3. The van der Waals surface area contributed by atoms with Gasteiger partial charge in [-0.2, -0.15) is 0 Å². The largest absolute Gasteiger partial charge is 0.476 e. The van der Waals surface area contributed by atoms with Crippen molar-refractivity contribution in [1.29, 1.82) is 0 Å². The topological polar surface area (TPSA) is 81.1 Å². The first-order valence-corrected chi connectivity index (χ1v) is 6.39. The third kappa shape index (κ3) is 1.69. The fourth-order valence-corrected chi connectivity index (χ4v) is 2.34. The molecule has 6 nitrogen and oxygen atoms in total. The van der Waals surface area contributed by atoms with Gasteiger partial charge in [-0.3, -0.25) is 0 Å². The number of rotatable bonds is 3. The van der Waals surface area contributed by atoms with Crippen LogP contribution in [0.15, 0.2) is 35.1 Å². The fraction of sp³-hybridized carbons (Fsp3) is 0.214. The number of benzene rings is 1. The summed E-state index contributed by atoms with van der Waals surface area (Å²) in [5, 5.41) is 12.4. The zero-order valence-electron chi connectivity index (χ0n) is 10.5. The minimum Gasteiger partial charge on any atom is -0.476 e. The number of aromatic carboxylic acids is 1. The van der Waals surface area contributed by atoms with Crippen LogP contribution >= 0.6 is 0 Å². The summed E-state index contributed by atoms with van der Waals surface area (Å²) >= 11 is 0. The van der Waals surface area contributed by atoms with E-state index in [1.54, 1.807) is 0 Å². The fourth-order valence-electron chi connectivity index (χ4n) is 2.34. The summed E-state index contributed by atoms with van der Waals surface area (Å²) in [5.74, 6) is -0.663. The van der Waals surface area contributed by atoms with Crippen LogP contribution in [-0.4, -0.2) is 25.8 Å². The van der Waals surface area contributed by atoms with Crippen molar-refractivity contribution in [3.8, 4) is 11.3 Å². The van der Waals surface area contributed by atoms with E-state index in [1.165, 1.54) is 18.9 Å². The summed E-state index contributed by atoms with van der Waals surface area (Å²) in [6, 6.07) is 7.77. The van der Waals surface area contributed by atoms with Crippen LogP contribution in [0, 0.1) is 0 Å². The van der Waals surface area contributed by atoms with Gasteiger partial charge in [0.05, 0.1) is 17.4 Å². The second-order valence-electron chi connectivity index (χ2n) is 4.97. The van der Waals surface area contributed by atoms with E-state index in [-0.39, 0.29) is 5.69 Å². The summed E-state index contributed by atoms with van der Waals surface area (Å²) in [5.41, 5.74) is 2.65. The number of carboxylic acid groups (broad SMARTS) is 1. The first-order valence-electron chi connectivity index (χ1n) is 6.39. The Balaban J connectivity index is 1.78. The lowest BCUT2D eigenvalue weighted by Gasteiger charge is -2.01. The van der Waals surface area contributed by atoms with Gasteiger partial charge < -0.3 is 14.2 Å². The number of aromatic nitrogens is 3. The minimum absolute atomic E-state index is 0.0939. The molecule has 2 aromatic heterocycles. The van der Waals surface area contributed by atoms with Crippen LogP contribution in [0.3, 0.4) is 0 Å². The van der Waals surface area contributed by atoms with Gasteiger partial charge in [-0.1, -0.05) is 5.16 Å². The molecule has 2 heterocycles. The summed E-state index contributed by atoms with van der Waals surface area (Å²) in [4.78, 5) is 15.2. The van der Waals surface area contributed by atoms with Crippen LogP contribution in [0.25, 0.3) is 22.4 Å². The summed E-state index contributed by atoms with van der Waals surface area (Å²) < 4.78 is 7.24. The average Bonchev–Trinajstić information content (AvgIpc) is 3.03. The van der Waals surface area contributed by atoms with Gasteiger partial charge in [0.25, 0.3) is 0 Å².